The van der Waals surface area contributed by atoms with Crippen molar-refractivity contribution < 1.29 is 9.90 Å². The smallest absolute Gasteiger partial charge is 0.253 e. The predicted octanol–water partition coefficient (Wildman–Crippen LogP) is 2.41. The van der Waals surface area contributed by atoms with E-state index < -0.39 is 0 Å². The Morgan fingerprint density at radius 3 is 2.80 bits per heavy atom. The van der Waals surface area contributed by atoms with Crippen LogP contribution in [0.5, 0.6) is 0 Å². The second-order valence-corrected chi connectivity index (χ2v) is 5.52. The number of aliphatic hydroxyl groups excluding tert-OH is 1. The van der Waals surface area contributed by atoms with Gasteiger partial charge in [0.1, 0.15) is 4.34 Å². The standard InChI is InChI=1S/C9H11Cl2NO2S/c1-5(4-13)3-12-9(14)6-2-7(10)15-8(6)11/h2,5,13H,3-4H2,1H3,(H,12,14). The lowest BCUT2D eigenvalue weighted by Crippen LogP contribution is -2.29. The van der Waals surface area contributed by atoms with Gasteiger partial charge in [0.05, 0.1) is 9.90 Å². The van der Waals surface area contributed by atoms with Crippen LogP contribution in [-0.4, -0.2) is 24.2 Å². The molecule has 1 rings (SSSR count). The van der Waals surface area contributed by atoms with Gasteiger partial charge in [0.25, 0.3) is 5.91 Å². The van der Waals surface area contributed by atoms with Gasteiger partial charge in [-0.2, -0.15) is 0 Å². The molecule has 6 heteroatoms. The molecule has 0 aliphatic rings. The number of rotatable bonds is 4. The quantitative estimate of drug-likeness (QED) is 0.881. The molecule has 0 radical (unpaired) electrons. The number of halogens is 2. The van der Waals surface area contributed by atoms with E-state index in [0.29, 0.717) is 20.8 Å². The molecule has 1 aromatic rings. The maximum atomic E-state index is 11.6. The van der Waals surface area contributed by atoms with Crippen LogP contribution in [0.15, 0.2) is 6.07 Å². The van der Waals surface area contributed by atoms with Crippen molar-refractivity contribution in [3.05, 3.63) is 20.3 Å². The molecule has 1 unspecified atom stereocenters. The minimum atomic E-state index is -0.261. The zero-order valence-electron chi connectivity index (χ0n) is 8.09. The number of nitrogens with one attached hydrogen (secondary N) is 1. The minimum Gasteiger partial charge on any atom is -0.396 e. The highest BCUT2D eigenvalue weighted by molar-refractivity contribution is 7.20. The van der Waals surface area contributed by atoms with E-state index in [2.05, 4.69) is 5.32 Å². The van der Waals surface area contributed by atoms with E-state index in [9.17, 15) is 4.79 Å². The lowest BCUT2D eigenvalue weighted by Gasteiger charge is -2.08. The number of hydrogen-bond acceptors (Lipinski definition) is 3. The second-order valence-electron chi connectivity index (χ2n) is 3.24. The van der Waals surface area contributed by atoms with Gasteiger partial charge in [0.15, 0.2) is 0 Å². The third-order valence-electron chi connectivity index (χ3n) is 1.82. The number of hydrogen-bond donors (Lipinski definition) is 2. The van der Waals surface area contributed by atoms with Crippen molar-refractivity contribution in [2.24, 2.45) is 5.92 Å². The Morgan fingerprint density at radius 1 is 1.67 bits per heavy atom. The first-order valence-electron chi connectivity index (χ1n) is 4.38. The van der Waals surface area contributed by atoms with Gasteiger partial charge in [0, 0.05) is 13.2 Å². The van der Waals surface area contributed by atoms with E-state index in [1.807, 2.05) is 6.92 Å². The molecule has 0 bridgehead atoms. The van der Waals surface area contributed by atoms with Crippen LogP contribution in [0.3, 0.4) is 0 Å². The number of aliphatic hydroxyl groups is 1. The fourth-order valence-corrected chi connectivity index (χ4v) is 2.38. The van der Waals surface area contributed by atoms with Crippen LogP contribution < -0.4 is 5.32 Å². The third-order valence-corrected chi connectivity index (χ3v) is 3.31. The number of carbonyl (C=O) groups excluding carboxylic acids is 1. The molecule has 1 heterocycles. The van der Waals surface area contributed by atoms with Gasteiger partial charge in [-0.3, -0.25) is 4.79 Å². The van der Waals surface area contributed by atoms with E-state index in [-0.39, 0.29) is 18.4 Å². The summed E-state index contributed by atoms with van der Waals surface area (Å²) in [5, 5.41) is 11.4. The molecule has 0 saturated heterocycles. The van der Waals surface area contributed by atoms with Gasteiger partial charge in [-0.15, -0.1) is 11.3 Å². The van der Waals surface area contributed by atoms with Crippen molar-refractivity contribution in [1.82, 2.24) is 5.32 Å². The van der Waals surface area contributed by atoms with Crippen molar-refractivity contribution in [3.63, 3.8) is 0 Å². The summed E-state index contributed by atoms with van der Waals surface area (Å²) in [6.07, 6.45) is 0. The molecule has 0 aromatic carbocycles. The largest absolute Gasteiger partial charge is 0.396 e. The van der Waals surface area contributed by atoms with Crippen LogP contribution in [0, 0.1) is 5.92 Å². The van der Waals surface area contributed by atoms with E-state index >= 15 is 0 Å². The van der Waals surface area contributed by atoms with Crippen LogP contribution in [0.4, 0.5) is 0 Å². The fraction of sp³-hybridized carbons (Fsp3) is 0.444. The first-order chi connectivity index (χ1) is 7.04. The molecule has 1 atom stereocenters. The molecule has 3 nitrogen and oxygen atoms in total. The summed E-state index contributed by atoms with van der Waals surface area (Å²) < 4.78 is 0.870. The summed E-state index contributed by atoms with van der Waals surface area (Å²) in [5.41, 5.74) is 0.386. The molecule has 0 spiro atoms. The number of carbonyl (C=O) groups is 1. The van der Waals surface area contributed by atoms with E-state index in [0.717, 1.165) is 11.3 Å². The average Bonchev–Trinajstić information content (AvgIpc) is 2.53. The summed E-state index contributed by atoms with van der Waals surface area (Å²) >= 11 is 12.7. The lowest BCUT2D eigenvalue weighted by molar-refractivity contribution is 0.0943. The predicted molar refractivity (Wildman–Crippen MR) is 62.9 cm³/mol. The van der Waals surface area contributed by atoms with Crippen LogP contribution >= 0.6 is 34.5 Å². The minimum absolute atomic E-state index is 0.0295. The Morgan fingerprint density at radius 2 is 2.33 bits per heavy atom. The van der Waals surface area contributed by atoms with Crippen molar-refractivity contribution in [1.29, 1.82) is 0 Å². The van der Waals surface area contributed by atoms with E-state index in [4.69, 9.17) is 28.3 Å². The highest BCUT2D eigenvalue weighted by atomic mass is 35.5. The Kier molecular flexibility index (Phi) is 4.86. The van der Waals surface area contributed by atoms with Crippen LogP contribution in [0.1, 0.15) is 17.3 Å². The highest BCUT2D eigenvalue weighted by Gasteiger charge is 2.14. The van der Waals surface area contributed by atoms with Crippen molar-refractivity contribution >= 4 is 40.4 Å². The Labute approximate surface area is 102 Å². The first kappa shape index (κ1) is 12.8. The van der Waals surface area contributed by atoms with Crippen LogP contribution in [0.2, 0.25) is 8.67 Å². The monoisotopic (exact) mass is 267 g/mol. The third kappa shape index (κ3) is 3.65. The molecule has 15 heavy (non-hydrogen) atoms. The fourth-order valence-electron chi connectivity index (χ4n) is 0.922. The highest BCUT2D eigenvalue weighted by Crippen LogP contribution is 2.30. The van der Waals surface area contributed by atoms with Crippen molar-refractivity contribution in [2.45, 2.75) is 6.92 Å². The van der Waals surface area contributed by atoms with Crippen molar-refractivity contribution in [3.8, 4) is 0 Å². The summed E-state index contributed by atoms with van der Waals surface area (Å²) in [5.74, 6) is -0.231. The van der Waals surface area contributed by atoms with Crippen LogP contribution in [0.25, 0.3) is 0 Å². The molecule has 0 saturated carbocycles. The number of amides is 1. The lowest BCUT2D eigenvalue weighted by atomic mass is 10.2. The van der Waals surface area contributed by atoms with Gasteiger partial charge in [-0.05, 0) is 12.0 Å². The van der Waals surface area contributed by atoms with Crippen LogP contribution in [-0.2, 0) is 0 Å². The molecule has 0 fully saturated rings. The SMILES string of the molecule is CC(CO)CNC(=O)c1cc(Cl)sc1Cl. The maximum absolute atomic E-state index is 11.6. The topological polar surface area (TPSA) is 49.3 Å². The van der Waals surface area contributed by atoms with Crippen molar-refractivity contribution in [2.75, 3.05) is 13.2 Å². The van der Waals surface area contributed by atoms with E-state index in [1.54, 1.807) is 0 Å². The van der Waals surface area contributed by atoms with Gasteiger partial charge in [0.2, 0.25) is 0 Å². The van der Waals surface area contributed by atoms with Gasteiger partial charge in [-0.25, -0.2) is 0 Å². The maximum Gasteiger partial charge on any atom is 0.253 e. The summed E-state index contributed by atoms with van der Waals surface area (Å²) in [6, 6.07) is 1.54. The summed E-state index contributed by atoms with van der Waals surface area (Å²) in [7, 11) is 0. The molecule has 1 amide bonds. The summed E-state index contributed by atoms with van der Waals surface area (Å²) in [4.78, 5) is 11.6. The zero-order valence-corrected chi connectivity index (χ0v) is 10.4. The molecule has 84 valence electrons. The van der Waals surface area contributed by atoms with E-state index in [1.165, 1.54) is 6.07 Å². The van der Waals surface area contributed by atoms with Gasteiger partial charge in [-0.1, -0.05) is 30.1 Å². The summed E-state index contributed by atoms with van der Waals surface area (Å²) in [6.45, 7) is 2.29. The zero-order chi connectivity index (χ0) is 11.4. The first-order valence-corrected chi connectivity index (χ1v) is 5.95. The average molecular weight is 268 g/mol. The molecular formula is C9H11Cl2NO2S. The molecule has 0 aliphatic heterocycles. The van der Waals surface area contributed by atoms with Gasteiger partial charge >= 0.3 is 0 Å². The second kappa shape index (κ2) is 5.70. The molecule has 1 aromatic heterocycles. The Bertz CT molecular complexity index is 354. The van der Waals surface area contributed by atoms with Gasteiger partial charge < -0.3 is 10.4 Å². The Balaban J connectivity index is 2.58. The normalized spacial score (nSPS) is 12.5. The molecule has 2 N–H and O–H groups in total. The molecule has 0 aliphatic carbocycles. The Hall–Kier alpha value is -0.290. The number of thiophene rings is 1. The molecular weight excluding hydrogens is 257 g/mol.